The topological polar surface area (TPSA) is 89.8 Å². The van der Waals surface area contributed by atoms with Gasteiger partial charge in [-0.1, -0.05) is 6.08 Å². The number of aliphatic carboxylic acids is 1. The van der Waals surface area contributed by atoms with Crippen LogP contribution < -0.4 is 16.0 Å². The van der Waals surface area contributed by atoms with Gasteiger partial charge >= 0.3 is 5.97 Å². The Morgan fingerprint density at radius 3 is 2.33 bits per heavy atom. The summed E-state index contributed by atoms with van der Waals surface area (Å²) in [6, 6.07) is 3.97. The van der Waals surface area contributed by atoms with Crippen molar-refractivity contribution in [1.82, 2.24) is 10.3 Å². The van der Waals surface area contributed by atoms with Crippen molar-refractivity contribution in [3.8, 4) is 0 Å². The number of fused-ring (bicyclic) bond motifs is 6. The van der Waals surface area contributed by atoms with Crippen LogP contribution in [0.2, 0.25) is 0 Å². The number of nitrogens with zero attached hydrogens (tertiary/aromatic N) is 2. The van der Waals surface area contributed by atoms with Crippen LogP contribution in [0.3, 0.4) is 0 Å². The van der Waals surface area contributed by atoms with Crippen molar-refractivity contribution >= 4 is 29.5 Å². The molecular weight excluding hydrogens is 340 g/mol. The fourth-order valence-electron chi connectivity index (χ4n) is 3.46. The van der Waals surface area contributed by atoms with Gasteiger partial charge in [0.25, 0.3) is 0 Å². The number of allylic oxidation sites excluding steroid dienone is 5. The van der Waals surface area contributed by atoms with Gasteiger partial charge in [-0.05, 0) is 60.7 Å². The Hall–Kier alpha value is -3.67. The zero-order valence-corrected chi connectivity index (χ0v) is 14.3. The van der Waals surface area contributed by atoms with Crippen LogP contribution in [0.25, 0.3) is 12.2 Å². The minimum atomic E-state index is -1.21. The lowest BCUT2D eigenvalue weighted by molar-refractivity contribution is -0.142. The van der Waals surface area contributed by atoms with Gasteiger partial charge in [-0.25, -0.2) is 14.8 Å². The van der Waals surface area contributed by atoms with E-state index in [1.54, 1.807) is 6.08 Å². The van der Waals surface area contributed by atoms with Crippen LogP contribution in [0, 0.1) is 0 Å². The van der Waals surface area contributed by atoms with Crippen LogP contribution in [0.1, 0.15) is 6.42 Å². The van der Waals surface area contributed by atoms with Gasteiger partial charge in [0.05, 0.1) is 22.8 Å². The Kier molecular flexibility index (Phi) is 3.27. The number of nitrogens with one attached hydrogen (secondary N) is 2. The second-order valence-electron chi connectivity index (χ2n) is 6.80. The highest BCUT2D eigenvalue weighted by atomic mass is 16.4. The molecule has 1 unspecified atom stereocenters. The molecule has 0 spiro atoms. The summed E-state index contributed by atoms with van der Waals surface area (Å²) in [6.45, 7) is 0. The van der Waals surface area contributed by atoms with E-state index >= 15 is 0 Å². The van der Waals surface area contributed by atoms with Crippen molar-refractivity contribution in [1.29, 1.82) is 0 Å². The molecule has 5 rings (SSSR count). The number of rotatable bonds is 1. The van der Waals surface area contributed by atoms with Gasteiger partial charge in [0.1, 0.15) is 0 Å². The molecular formula is C21H16N4O2. The molecule has 132 valence electrons. The summed E-state index contributed by atoms with van der Waals surface area (Å²) in [4.78, 5) is 24.4. The Labute approximate surface area is 154 Å². The highest BCUT2D eigenvalue weighted by molar-refractivity contribution is 6.20. The first-order chi connectivity index (χ1) is 13.1. The van der Waals surface area contributed by atoms with Gasteiger partial charge in [-0.3, -0.25) is 0 Å². The van der Waals surface area contributed by atoms with E-state index in [4.69, 9.17) is 0 Å². The number of hydrogen-bond acceptors (Lipinski definition) is 4. The Morgan fingerprint density at radius 2 is 1.63 bits per heavy atom. The lowest BCUT2D eigenvalue weighted by Crippen LogP contribution is -2.46. The minimum absolute atomic E-state index is 0.347. The van der Waals surface area contributed by atoms with E-state index in [0.717, 1.165) is 33.5 Å². The zero-order valence-electron chi connectivity index (χ0n) is 14.3. The van der Waals surface area contributed by atoms with Crippen LogP contribution >= 0.6 is 0 Å². The third kappa shape index (κ3) is 2.81. The summed E-state index contributed by atoms with van der Waals surface area (Å²) in [6.07, 6.45) is 17.2. The van der Waals surface area contributed by atoms with Gasteiger partial charge in [0.15, 0.2) is 5.54 Å². The van der Waals surface area contributed by atoms with Crippen molar-refractivity contribution in [3.05, 3.63) is 82.5 Å². The van der Waals surface area contributed by atoms with Gasteiger partial charge in [0, 0.05) is 22.8 Å². The summed E-state index contributed by atoms with van der Waals surface area (Å²) in [5, 5.41) is 14.8. The predicted molar refractivity (Wildman–Crippen MR) is 104 cm³/mol. The molecule has 0 amide bonds. The molecule has 6 heteroatoms. The van der Waals surface area contributed by atoms with Crippen LogP contribution in [0.15, 0.2) is 81.7 Å². The maximum absolute atomic E-state index is 12.0. The minimum Gasteiger partial charge on any atom is -0.479 e. The Bertz CT molecular complexity index is 1200. The van der Waals surface area contributed by atoms with Crippen molar-refractivity contribution in [3.63, 3.8) is 0 Å². The van der Waals surface area contributed by atoms with E-state index in [0.29, 0.717) is 12.1 Å². The highest BCUT2D eigenvalue weighted by Crippen LogP contribution is 2.28. The maximum atomic E-state index is 12.0. The van der Waals surface area contributed by atoms with E-state index in [-0.39, 0.29) is 0 Å². The summed E-state index contributed by atoms with van der Waals surface area (Å²) in [7, 11) is 0. The molecule has 0 radical (unpaired) electrons. The summed E-state index contributed by atoms with van der Waals surface area (Å²) >= 11 is 0. The summed E-state index contributed by atoms with van der Waals surface area (Å²) in [5.74, 6) is -0.935. The third-order valence-electron chi connectivity index (χ3n) is 4.79. The number of aliphatic imine (C=N–C) groups is 2. The normalized spacial score (nSPS) is 31.2. The number of aromatic amines is 1. The van der Waals surface area contributed by atoms with Gasteiger partial charge < -0.3 is 15.4 Å². The lowest BCUT2D eigenvalue weighted by Gasteiger charge is -2.22. The van der Waals surface area contributed by atoms with E-state index in [9.17, 15) is 9.90 Å². The van der Waals surface area contributed by atoms with Crippen LogP contribution in [-0.4, -0.2) is 33.0 Å². The Balaban J connectivity index is 1.69. The molecule has 1 aromatic rings. The third-order valence-corrected chi connectivity index (χ3v) is 4.79. The second kappa shape index (κ2) is 5.67. The molecule has 5 heterocycles. The fraction of sp³-hybridized carbons (Fsp3) is 0.0952. The molecule has 4 aliphatic heterocycles. The van der Waals surface area contributed by atoms with Gasteiger partial charge in [-0.15, -0.1) is 0 Å². The number of carbonyl (C=O) groups is 1. The average Bonchev–Trinajstić information content (AvgIpc) is 3.39. The van der Waals surface area contributed by atoms with Gasteiger partial charge in [-0.2, -0.15) is 0 Å². The van der Waals surface area contributed by atoms with Crippen molar-refractivity contribution in [2.45, 2.75) is 12.0 Å². The van der Waals surface area contributed by atoms with E-state index in [2.05, 4.69) is 20.3 Å². The molecule has 0 aliphatic carbocycles. The number of hydrogen-bond donors (Lipinski definition) is 3. The molecule has 1 aromatic heterocycles. The highest BCUT2D eigenvalue weighted by Gasteiger charge is 2.40. The number of carboxylic acid groups (broad SMARTS) is 1. The largest absolute Gasteiger partial charge is 0.479 e. The molecule has 0 fully saturated rings. The first-order valence-electron chi connectivity index (χ1n) is 8.66. The van der Waals surface area contributed by atoms with E-state index < -0.39 is 11.5 Å². The first kappa shape index (κ1) is 15.6. The second-order valence-corrected chi connectivity index (χ2v) is 6.80. The van der Waals surface area contributed by atoms with Gasteiger partial charge in [0.2, 0.25) is 0 Å². The monoisotopic (exact) mass is 356 g/mol. The predicted octanol–water partition coefficient (Wildman–Crippen LogP) is 1.08. The number of H-pyrrole nitrogens is 1. The molecule has 6 nitrogen and oxygen atoms in total. The van der Waals surface area contributed by atoms with Crippen molar-refractivity contribution < 1.29 is 9.90 Å². The number of carboxylic acids is 1. The first-order valence-corrected chi connectivity index (χ1v) is 8.66. The molecule has 0 saturated heterocycles. The average molecular weight is 356 g/mol. The summed E-state index contributed by atoms with van der Waals surface area (Å²) in [5.41, 5.74) is 2.55. The van der Waals surface area contributed by atoms with Crippen LogP contribution in [-0.2, 0) is 4.79 Å². The van der Waals surface area contributed by atoms with E-state index in [1.165, 1.54) is 0 Å². The molecule has 0 aromatic carbocycles. The smallest absolute Gasteiger partial charge is 0.333 e. The van der Waals surface area contributed by atoms with E-state index in [1.807, 2.05) is 60.7 Å². The molecule has 1 atom stereocenters. The quantitative estimate of drug-likeness (QED) is 0.703. The van der Waals surface area contributed by atoms with Crippen molar-refractivity contribution in [2.24, 2.45) is 9.98 Å². The molecule has 27 heavy (non-hydrogen) atoms. The lowest BCUT2D eigenvalue weighted by atomic mass is 9.96. The maximum Gasteiger partial charge on any atom is 0.333 e. The molecule has 8 bridgehead atoms. The standard InChI is InChI=1S/C21H16N4O2/c26-20(27)21-8-7-18(25-21)11-17-4-3-14(23-17)9-13-1-2-15(22-13)10-16-5-6-19(12-21)24-16/h1-7,9-12,22,25H,8H2,(H,26,27)/b13-9-,15-10-,17-11-,19-12-. The summed E-state index contributed by atoms with van der Waals surface area (Å²) < 4.78 is 0. The molecule has 3 N–H and O–H groups in total. The van der Waals surface area contributed by atoms with Crippen LogP contribution in [0.4, 0.5) is 0 Å². The number of aromatic nitrogens is 1. The zero-order chi connectivity index (χ0) is 18.4. The molecule has 0 saturated carbocycles. The molecule has 4 aliphatic rings. The van der Waals surface area contributed by atoms with Crippen molar-refractivity contribution in [2.75, 3.05) is 0 Å². The van der Waals surface area contributed by atoms with Crippen LogP contribution in [0.5, 0.6) is 0 Å². The SMILES string of the molecule is O=C(O)C12/C=C3/C=CC(=N3)/C=c3/cc/c([nH]3)=C/C3=NC(=C\C(=CC1)N2)/C=C3. The fourth-order valence-corrected chi connectivity index (χ4v) is 3.46. The Morgan fingerprint density at radius 1 is 0.963 bits per heavy atom.